The molecular weight excluding hydrogens is 264 g/mol. The van der Waals surface area contributed by atoms with Gasteiger partial charge in [-0.15, -0.1) is 5.10 Å². The minimum atomic E-state index is -0.119. The zero-order chi connectivity index (χ0) is 13.8. The molecule has 2 heterocycles. The van der Waals surface area contributed by atoms with Gasteiger partial charge < -0.3 is 10.2 Å². The lowest BCUT2D eigenvalue weighted by atomic mass is 10.1. The summed E-state index contributed by atoms with van der Waals surface area (Å²) in [6.45, 7) is 2.61. The highest BCUT2D eigenvalue weighted by Gasteiger charge is 2.25. The Balaban J connectivity index is 1.97. The molecule has 1 aromatic heterocycles. The monoisotopic (exact) mass is 282 g/mol. The number of aromatic nitrogens is 2. The predicted molar refractivity (Wildman–Crippen MR) is 72.0 cm³/mol. The molecule has 0 aromatic carbocycles. The molecule has 0 bridgehead atoms. The number of likely N-dealkylation sites (tertiary alicyclic amines) is 1. The first-order valence-corrected chi connectivity index (χ1v) is 7.25. The van der Waals surface area contributed by atoms with Gasteiger partial charge in [0, 0.05) is 26.1 Å². The highest BCUT2D eigenvalue weighted by molar-refractivity contribution is 7.08. The lowest BCUT2D eigenvalue weighted by molar-refractivity contribution is -0.132. The van der Waals surface area contributed by atoms with Crippen molar-refractivity contribution in [3.63, 3.8) is 0 Å². The van der Waals surface area contributed by atoms with Gasteiger partial charge in [0.05, 0.1) is 5.69 Å². The number of hydrogen-bond acceptors (Lipinski definition) is 5. The van der Waals surface area contributed by atoms with Crippen molar-refractivity contribution in [1.82, 2.24) is 19.8 Å². The van der Waals surface area contributed by atoms with Crippen LogP contribution in [0, 0.1) is 0 Å². The average molecular weight is 282 g/mol. The number of hydrogen-bond donors (Lipinski definition) is 1. The molecule has 0 aliphatic carbocycles. The van der Waals surface area contributed by atoms with E-state index in [0.717, 1.165) is 30.1 Å². The highest BCUT2D eigenvalue weighted by atomic mass is 32.1. The van der Waals surface area contributed by atoms with Crippen molar-refractivity contribution in [3.8, 4) is 0 Å². The summed E-state index contributed by atoms with van der Waals surface area (Å²) in [6.07, 6.45) is 2.89. The second-order valence-corrected chi connectivity index (χ2v) is 5.54. The van der Waals surface area contributed by atoms with Crippen molar-refractivity contribution in [3.05, 3.63) is 10.6 Å². The first-order valence-electron chi connectivity index (χ1n) is 6.47. The van der Waals surface area contributed by atoms with E-state index in [1.807, 2.05) is 6.92 Å². The van der Waals surface area contributed by atoms with Gasteiger partial charge in [0.2, 0.25) is 5.91 Å². The van der Waals surface area contributed by atoms with Crippen LogP contribution in [0.2, 0.25) is 0 Å². The normalized spacial score (nSPS) is 19.6. The summed E-state index contributed by atoms with van der Waals surface area (Å²) in [6, 6.07) is 0.0202. The molecule has 1 fully saturated rings. The standard InChI is InChI=1S/C12H18N4O2S/c1-3-4-9-11(19-15-14-9)12(18)13-8-5-6-10(17)16(2)7-8/h8H,3-7H2,1-2H3,(H,13,18). The van der Waals surface area contributed by atoms with E-state index >= 15 is 0 Å². The molecule has 0 radical (unpaired) electrons. The number of amides is 2. The van der Waals surface area contributed by atoms with E-state index in [0.29, 0.717) is 24.3 Å². The lowest BCUT2D eigenvalue weighted by Gasteiger charge is -2.30. The summed E-state index contributed by atoms with van der Waals surface area (Å²) in [4.78, 5) is 25.8. The van der Waals surface area contributed by atoms with Crippen LogP contribution in [0.25, 0.3) is 0 Å². The van der Waals surface area contributed by atoms with Crippen LogP contribution < -0.4 is 5.32 Å². The van der Waals surface area contributed by atoms with Gasteiger partial charge in [-0.2, -0.15) is 0 Å². The third-order valence-corrected chi connectivity index (χ3v) is 3.98. The predicted octanol–water partition coefficient (Wildman–Crippen LogP) is 0.841. The van der Waals surface area contributed by atoms with E-state index in [2.05, 4.69) is 14.9 Å². The quantitative estimate of drug-likeness (QED) is 0.888. The molecule has 0 saturated carbocycles. The van der Waals surface area contributed by atoms with Crippen LogP contribution in [-0.2, 0) is 11.2 Å². The Hall–Kier alpha value is -1.50. The van der Waals surface area contributed by atoms with Gasteiger partial charge in [-0.25, -0.2) is 0 Å². The molecule has 19 heavy (non-hydrogen) atoms. The fraction of sp³-hybridized carbons (Fsp3) is 0.667. The number of piperidine rings is 1. The molecule has 7 heteroatoms. The number of rotatable bonds is 4. The summed E-state index contributed by atoms with van der Waals surface area (Å²) in [5, 5.41) is 6.96. The van der Waals surface area contributed by atoms with E-state index in [1.165, 1.54) is 0 Å². The summed E-state index contributed by atoms with van der Waals surface area (Å²) >= 11 is 1.13. The van der Waals surface area contributed by atoms with E-state index in [9.17, 15) is 9.59 Å². The third-order valence-electron chi connectivity index (χ3n) is 3.21. The third kappa shape index (κ3) is 3.28. The number of nitrogens with zero attached hydrogens (tertiary/aromatic N) is 3. The smallest absolute Gasteiger partial charge is 0.265 e. The molecule has 1 saturated heterocycles. The van der Waals surface area contributed by atoms with Gasteiger partial charge in [-0.1, -0.05) is 17.8 Å². The largest absolute Gasteiger partial charge is 0.347 e. The lowest BCUT2D eigenvalue weighted by Crippen LogP contribution is -2.48. The Kier molecular flexibility index (Phi) is 4.47. The van der Waals surface area contributed by atoms with Crippen LogP contribution in [0.15, 0.2) is 0 Å². The summed E-state index contributed by atoms with van der Waals surface area (Å²) < 4.78 is 3.85. The Labute approximate surface area is 116 Å². The first kappa shape index (κ1) is 13.9. The number of nitrogens with one attached hydrogen (secondary N) is 1. The van der Waals surface area contributed by atoms with Crippen molar-refractivity contribution in [2.45, 2.75) is 38.6 Å². The van der Waals surface area contributed by atoms with Crippen LogP contribution in [0.3, 0.4) is 0 Å². The molecule has 1 aliphatic rings. The number of carbonyl (C=O) groups is 2. The second kappa shape index (κ2) is 6.10. The van der Waals surface area contributed by atoms with Crippen LogP contribution >= 0.6 is 11.5 Å². The average Bonchev–Trinajstić information content (AvgIpc) is 2.83. The minimum Gasteiger partial charge on any atom is -0.347 e. The van der Waals surface area contributed by atoms with Crippen LogP contribution in [0.5, 0.6) is 0 Å². The van der Waals surface area contributed by atoms with Crippen molar-refractivity contribution in [2.75, 3.05) is 13.6 Å². The van der Waals surface area contributed by atoms with Crippen molar-refractivity contribution in [2.24, 2.45) is 0 Å². The fourth-order valence-electron chi connectivity index (χ4n) is 2.16. The maximum absolute atomic E-state index is 12.2. The van der Waals surface area contributed by atoms with E-state index in [-0.39, 0.29) is 17.9 Å². The summed E-state index contributed by atoms with van der Waals surface area (Å²) in [5.41, 5.74) is 0.769. The molecule has 1 N–H and O–H groups in total. The Bertz CT molecular complexity index is 474. The molecule has 1 atom stereocenters. The molecule has 104 valence electrons. The van der Waals surface area contributed by atoms with Crippen molar-refractivity contribution >= 4 is 23.3 Å². The highest BCUT2D eigenvalue weighted by Crippen LogP contribution is 2.15. The molecule has 1 unspecified atom stereocenters. The van der Waals surface area contributed by atoms with Gasteiger partial charge >= 0.3 is 0 Å². The summed E-state index contributed by atoms with van der Waals surface area (Å²) in [7, 11) is 1.76. The number of likely N-dealkylation sites (N-methyl/N-ethyl adjacent to an activating group) is 1. The second-order valence-electron chi connectivity index (χ2n) is 4.78. The molecule has 2 amide bonds. The first-order chi connectivity index (χ1) is 9.11. The molecular formula is C12H18N4O2S. The fourth-order valence-corrected chi connectivity index (χ4v) is 2.77. The van der Waals surface area contributed by atoms with Gasteiger partial charge in [0.25, 0.3) is 5.91 Å². The Morgan fingerprint density at radius 1 is 1.58 bits per heavy atom. The van der Waals surface area contributed by atoms with Crippen LogP contribution in [-0.4, -0.2) is 45.9 Å². The van der Waals surface area contributed by atoms with Crippen LogP contribution in [0.1, 0.15) is 41.6 Å². The van der Waals surface area contributed by atoms with Crippen molar-refractivity contribution < 1.29 is 9.59 Å². The van der Waals surface area contributed by atoms with E-state index < -0.39 is 0 Å². The zero-order valence-corrected chi connectivity index (χ0v) is 12.0. The van der Waals surface area contributed by atoms with Gasteiger partial charge in [-0.3, -0.25) is 9.59 Å². The summed E-state index contributed by atoms with van der Waals surface area (Å²) in [5.74, 6) is 0.0165. The SMILES string of the molecule is CCCc1nnsc1C(=O)NC1CCC(=O)N(C)C1. The van der Waals surface area contributed by atoms with Crippen LogP contribution in [0.4, 0.5) is 0 Å². The van der Waals surface area contributed by atoms with Crippen molar-refractivity contribution in [1.29, 1.82) is 0 Å². The molecule has 1 aliphatic heterocycles. The molecule has 2 rings (SSSR count). The zero-order valence-electron chi connectivity index (χ0n) is 11.2. The maximum atomic E-state index is 12.2. The molecule has 1 aromatic rings. The van der Waals surface area contributed by atoms with Gasteiger partial charge in [0.1, 0.15) is 4.88 Å². The number of carbonyl (C=O) groups excluding carboxylic acids is 2. The Morgan fingerprint density at radius 2 is 2.37 bits per heavy atom. The van der Waals surface area contributed by atoms with Gasteiger partial charge in [-0.05, 0) is 24.4 Å². The molecule has 0 spiro atoms. The maximum Gasteiger partial charge on any atom is 0.265 e. The van der Waals surface area contributed by atoms with E-state index in [4.69, 9.17) is 0 Å². The topological polar surface area (TPSA) is 75.2 Å². The number of aryl methyl sites for hydroxylation is 1. The van der Waals surface area contributed by atoms with E-state index in [1.54, 1.807) is 11.9 Å². The molecule has 6 nitrogen and oxygen atoms in total. The Morgan fingerprint density at radius 3 is 3.05 bits per heavy atom. The van der Waals surface area contributed by atoms with Gasteiger partial charge in [0.15, 0.2) is 0 Å². The minimum absolute atomic E-state index is 0.0202.